The molecule has 0 aliphatic carbocycles. The van der Waals surface area contributed by atoms with Gasteiger partial charge in [-0.15, -0.1) is 0 Å². The number of phosphoric ester groups is 1. The first-order valence-electron chi connectivity index (χ1n) is 25.7. The number of rotatable bonds is 47. The number of esters is 1. The first-order chi connectivity index (χ1) is 30.6. The first-order valence-corrected chi connectivity index (χ1v) is 27.1. The van der Waals surface area contributed by atoms with Crippen LogP contribution in [0.5, 0.6) is 0 Å². The average Bonchev–Trinajstić information content (AvgIpc) is 3.24. The largest absolute Gasteiger partial charge is 0.756 e. The maximum atomic E-state index is 12.7. The van der Waals surface area contributed by atoms with Crippen LogP contribution >= 0.6 is 7.82 Å². The fraction of sp³-hybridized carbons (Fsp3) is 0.759. The van der Waals surface area contributed by atoms with Crippen LogP contribution in [-0.4, -0.2) is 70.7 Å². The Labute approximate surface area is 389 Å². The third-order valence-corrected chi connectivity index (χ3v) is 11.7. The van der Waals surface area contributed by atoms with Crippen molar-refractivity contribution >= 4 is 13.8 Å². The number of likely N-dealkylation sites (N-methyl/N-ethyl adjacent to an activating group) is 1. The summed E-state index contributed by atoms with van der Waals surface area (Å²) in [5, 5.41) is 0. The summed E-state index contributed by atoms with van der Waals surface area (Å²) in [7, 11) is 1.32. The quantitative estimate of drug-likeness (QED) is 0.0197. The predicted molar refractivity (Wildman–Crippen MR) is 268 cm³/mol. The number of hydrogen-bond acceptors (Lipinski definition) is 7. The molecule has 0 aliphatic heterocycles. The predicted octanol–water partition coefficient (Wildman–Crippen LogP) is 15.2. The molecule has 8 nitrogen and oxygen atoms in total. The third kappa shape index (κ3) is 50.8. The van der Waals surface area contributed by atoms with Crippen LogP contribution < -0.4 is 4.89 Å². The molecule has 0 N–H and O–H groups in total. The van der Waals surface area contributed by atoms with Crippen molar-refractivity contribution in [1.29, 1.82) is 0 Å². The summed E-state index contributed by atoms with van der Waals surface area (Å²) in [6.45, 7) is 5.19. The molecule has 2 unspecified atom stereocenters. The van der Waals surface area contributed by atoms with E-state index in [4.69, 9.17) is 18.5 Å². The third-order valence-electron chi connectivity index (χ3n) is 10.7. The Kier molecular flexibility index (Phi) is 44.9. The Morgan fingerprint density at radius 1 is 0.508 bits per heavy atom. The van der Waals surface area contributed by atoms with Gasteiger partial charge in [-0.25, -0.2) is 0 Å². The molecule has 0 bridgehead atoms. The molecule has 0 aromatic rings. The molecule has 0 rings (SSSR count). The monoisotopic (exact) mass is 904 g/mol. The van der Waals surface area contributed by atoms with Gasteiger partial charge in [-0.3, -0.25) is 9.36 Å². The van der Waals surface area contributed by atoms with Crippen LogP contribution in [0.25, 0.3) is 0 Å². The van der Waals surface area contributed by atoms with Crippen molar-refractivity contribution in [3.05, 3.63) is 72.9 Å². The Morgan fingerprint density at radius 2 is 0.921 bits per heavy atom. The number of ether oxygens (including phenoxy) is 2. The fourth-order valence-electron chi connectivity index (χ4n) is 6.80. The van der Waals surface area contributed by atoms with Gasteiger partial charge in [-0.1, -0.05) is 189 Å². The minimum atomic E-state index is -4.55. The van der Waals surface area contributed by atoms with Crippen LogP contribution in [0.3, 0.4) is 0 Å². The molecular formula is C54H98NO7P. The molecule has 0 radical (unpaired) electrons. The van der Waals surface area contributed by atoms with E-state index in [1.807, 2.05) is 21.1 Å². The number of allylic oxidation sites excluding steroid dienone is 12. The van der Waals surface area contributed by atoms with Crippen molar-refractivity contribution in [2.45, 2.75) is 213 Å². The van der Waals surface area contributed by atoms with Crippen molar-refractivity contribution < 1.29 is 37.3 Å². The summed E-state index contributed by atoms with van der Waals surface area (Å²) in [6, 6.07) is 0. The van der Waals surface area contributed by atoms with Gasteiger partial charge in [0.05, 0.1) is 34.4 Å². The molecule has 0 amide bonds. The second kappa shape index (κ2) is 46.5. The molecule has 366 valence electrons. The number of hydrogen-bond donors (Lipinski definition) is 0. The maximum Gasteiger partial charge on any atom is 0.306 e. The summed E-state index contributed by atoms with van der Waals surface area (Å²) in [5.41, 5.74) is 0. The van der Waals surface area contributed by atoms with Gasteiger partial charge in [0, 0.05) is 13.0 Å². The van der Waals surface area contributed by atoms with E-state index in [9.17, 15) is 14.3 Å². The van der Waals surface area contributed by atoms with Crippen molar-refractivity contribution in [2.24, 2.45) is 0 Å². The molecular weight excluding hydrogens is 806 g/mol. The molecule has 0 saturated heterocycles. The summed E-state index contributed by atoms with van der Waals surface area (Å²) < 4.78 is 34.7. The van der Waals surface area contributed by atoms with Crippen LogP contribution in [-0.2, 0) is 27.9 Å². The van der Waals surface area contributed by atoms with Crippen molar-refractivity contribution in [1.82, 2.24) is 0 Å². The lowest BCUT2D eigenvalue weighted by Crippen LogP contribution is -2.37. The zero-order valence-electron chi connectivity index (χ0n) is 41.5. The van der Waals surface area contributed by atoms with Crippen LogP contribution in [0.2, 0.25) is 0 Å². The zero-order valence-corrected chi connectivity index (χ0v) is 42.4. The van der Waals surface area contributed by atoms with Gasteiger partial charge in [0.2, 0.25) is 0 Å². The zero-order chi connectivity index (χ0) is 46.2. The van der Waals surface area contributed by atoms with Crippen LogP contribution in [0.1, 0.15) is 206 Å². The Bertz CT molecular complexity index is 1230. The topological polar surface area (TPSA) is 94.1 Å². The lowest BCUT2D eigenvalue weighted by atomic mass is 10.0. The summed E-state index contributed by atoms with van der Waals surface area (Å²) in [5.74, 6) is -0.351. The number of quaternary nitrogens is 1. The van der Waals surface area contributed by atoms with Crippen LogP contribution in [0.15, 0.2) is 72.9 Å². The number of nitrogens with zero attached hydrogens (tertiary/aromatic N) is 1. The molecule has 0 spiro atoms. The van der Waals surface area contributed by atoms with Crippen molar-refractivity contribution in [3.63, 3.8) is 0 Å². The maximum absolute atomic E-state index is 12.7. The van der Waals surface area contributed by atoms with E-state index in [1.165, 1.54) is 116 Å². The van der Waals surface area contributed by atoms with E-state index in [0.29, 0.717) is 24.1 Å². The summed E-state index contributed by atoms with van der Waals surface area (Å²) in [6.07, 6.45) is 60.8. The summed E-state index contributed by atoms with van der Waals surface area (Å²) in [4.78, 5) is 25.2. The normalized spacial score (nSPS) is 14.2. The molecule has 0 aromatic heterocycles. The molecule has 2 atom stereocenters. The van der Waals surface area contributed by atoms with E-state index in [1.54, 1.807) is 0 Å². The van der Waals surface area contributed by atoms with Gasteiger partial charge in [-0.05, 0) is 83.5 Å². The Hall–Kier alpha value is -2.06. The van der Waals surface area contributed by atoms with Crippen LogP contribution in [0, 0.1) is 0 Å². The fourth-order valence-corrected chi connectivity index (χ4v) is 7.53. The standard InChI is InChI=1S/C54H98NO7P/c1-6-8-10-12-14-16-18-20-22-24-26-27-28-29-30-31-33-35-37-39-41-43-45-47-54(56)62-53(52-61-63(57,58)60-50-48-55(3,4)5)51-59-49-46-44-42-40-38-36-34-32-25-23-21-19-17-15-13-11-9-7-2/h9,11,15,17,21,23-24,26,32,34,38,40,53H,6-8,10,12-14,16,18-20,22,25,27-31,33,35-37,39,41-52H2,1-5H3/b11-9-,17-15-,23-21-,26-24-,34-32-,40-38-. The van der Waals surface area contributed by atoms with E-state index in [2.05, 4.69) is 86.8 Å². The molecule has 63 heavy (non-hydrogen) atoms. The minimum absolute atomic E-state index is 0.0145. The second-order valence-corrected chi connectivity index (χ2v) is 19.6. The molecule has 9 heteroatoms. The highest BCUT2D eigenvalue weighted by molar-refractivity contribution is 7.45. The highest BCUT2D eigenvalue weighted by Gasteiger charge is 2.20. The van der Waals surface area contributed by atoms with Gasteiger partial charge < -0.3 is 27.9 Å². The summed E-state index contributed by atoms with van der Waals surface area (Å²) >= 11 is 0. The number of carbonyl (C=O) groups excluding carboxylic acids is 1. The van der Waals surface area contributed by atoms with E-state index in [-0.39, 0.29) is 25.8 Å². The molecule has 0 aliphatic rings. The SMILES string of the molecule is CC/C=C\C/C=C\C/C=C\C/C=C\C/C=C\CCCCOCC(COP(=O)([O-])OCC[N+](C)(C)C)OC(=O)CCCCCCCCCCCCC/C=C\CCCCCCCCCC. The van der Waals surface area contributed by atoms with Gasteiger partial charge >= 0.3 is 5.97 Å². The highest BCUT2D eigenvalue weighted by Crippen LogP contribution is 2.38. The van der Waals surface area contributed by atoms with E-state index in [0.717, 1.165) is 70.6 Å². The number of phosphoric acid groups is 1. The molecule has 0 fully saturated rings. The number of unbranched alkanes of at least 4 members (excludes halogenated alkanes) is 21. The van der Waals surface area contributed by atoms with Gasteiger partial charge in [0.15, 0.2) is 0 Å². The smallest absolute Gasteiger partial charge is 0.306 e. The van der Waals surface area contributed by atoms with Gasteiger partial charge in [0.25, 0.3) is 7.82 Å². The lowest BCUT2D eigenvalue weighted by molar-refractivity contribution is -0.870. The second-order valence-electron chi connectivity index (χ2n) is 18.1. The number of carbonyl (C=O) groups is 1. The van der Waals surface area contributed by atoms with E-state index < -0.39 is 13.9 Å². The van der Waals surface area contributed by atoms with Crippen LogP contribution in [0.4, 0.5) is 0 Å². The molecule has 0 saturated carbocycles. The van der Waals surface area contributed by atoms with Crippen molar-refractivity contribution in [3.8, 4) is 0 Å². The highest BCUT2D eigenvalue weighted by atomic mass is 31.2. The lowest BCUT2D eigenvalue weighted by Gasteiger charge is -2.28. The van der Waals surface area contributed by atoms with Gasteiger partial charge in [0.1, 0.15) is 19.3 Å². The molecule has 0 aromatic carbocycles. The average molecular weight is 904 g/mol. The van der Waals surface area contributed by atoms with Crippen molar-refractivity contribution in [2.75, 3.05) is 54.1 Å². The first kappa shape index (κ1) is 60.9. The van der Waals surface area contributed by atoms with Gasteiger partial charge in [-0.2, -0.15) is 0 Å². The minimum Gasteiger partial charge on any atom is -0.756 e. The van der Waals surface area contributed by atoms with E-state index >= 15 is 0 Å². The Balaban J connectivity index is 4.20. The Morgan fingerprint density at radius 3 is 1.40 bits per heavy atom. The molecule has 0 heterocycles.